The molecule has 24 heavy (non-hydrogen) atoms. The molecule has 0 spiro atoms. The van der Waals surface area contributed by atoms with Gasteiger partial charge in [-0.3, -0.25) is 9.59 Å². The number of likely N-dealkylation sites (tertiary alicyclic amines) is 1. The highest BCUT2D eigenvalue weighted by molar-refractivity contribution is 5.97. The van der Waals surface area contributed by atoms with Crippen LogP contribution in [0.15, 0.2) is 30.3 Å². The molecule has 1 aliphatic rings. The third-order valence-electron chi connectivity index (χ3n) is 4.95. The number of unbranched alkanes of at least 4 members (excludes halogenated alkanes) is 1. The number of carbonyl (C=O) groups is 2. The summed E-state index contributed by atoms with van der Waals surface area (Å²) in [5, 5.41) is 3.09. The predicted octanol–water partition coefficient (Wildman–Crippen LogP) is 3.62. The van der Waals surface area contributed by atoms with Crippen LogP contribution in [0.1, 0.15) is 62.7 Å². The number of benzene rings is 1. The maximum Gasteiger partial charge on any atom is 0.254 e. The molecule has 1 aliphatic heterocycles. The van der Waals surface area contributed by atoms with E-state index < -0.39 is 0 Å². The van der Waals surface area contributed by atoms with Gasteiger partial charge < -0.3 is 10.2 Å². The Morgan fingerprint density at radius 2 is 2.00 bits per heavy atom. The molecule has 2 rings (SSSR count). The molecule has 1 aromatic rings. The first kappa shape index (κ1) is 18.5. The SMILES string of the molecule is CCCCC(CC)CNC(=O)C1CCCN1C(=O)c1ccccc1. The van der Waals surface area contributed by atoms with E-state index in [0.717, 1.165) is 32.2 Å². The van der Waals surface area contributed by atoms with Gasteiger partial charge in [-0.15, -0.1) is 0 Å². The van der Waals surface area contributed by atoms with E-state index in [4.69, 9.17) is 0 Å². The Bertz CT molecular complexity index is 530. The van der Waals surface area contributed by atoms with Crippen molar-refractivity contribution in [1.29, 1.82) is 0 Å². The predicted molar refractivity (Wildman–Crippen MR) is 96.8 cm³/mol. The lowest BCUT2D eigenvalue weighted by Gasteiger charge is -2.25. The standard InChI is InChI=1S/C20H30N2O2/c1-3-5-10-16(4-2)15-21-19(23)18-13-9-14-22(18)20(24)17-11-7-6-8-12-17/h6-8,11-12,16,18H,3-5,9-10,13-15H2,1-2H3,(H,21,23). The molecular weight excluding hydrogens is 300 g/mol. The van der Waals surface area contributed by atoms with Gasteiger partial charge in [0.2, 0.25) is 5.91 Å². The molecule has 132 valence electrons. The van der Waals surface area contributed by atoms with Crippen LogP contribution in [0.25, 0.3) is 0 Å². The van der Waals surface area contributed by atoms with Crippen LogP contribution < -0.4 is 5.32 Å². The molecule has 0 bridgehead atoms. The average molecular weight is 330 g/mol. The fourth-order valence-corrected chi connectivity index (χ4v) is 3.33. The average Bonchev–Trinajstić information content (AvgIpc) is 3.11. The van der Waals surface area contributed by atoms with E-state index in [9.17, 15) is 9.59 Å². The summed E-state index contributed by atoms with van der Waals surface area (Å²) in [5.74, 6) is 0.506. The minimum Gasteiger partial charge on any atom is -0.354 e. The van der Waals surface area contributed by atoms with Crippen LogP contribution in [0.4, 0.5) is 0 Å². The van der Waals surface area contributed by atoms with Crippen molar-refractivity contribution in [3.05, 3.63) is 35.9 Å². The van der Waals surface area contributed by atoms with Gasteiger partial charge in [0, 0.05) is 18.7 Å². The fraction of sp³-hybridized carbons (Fsp3) is 0.600. The zero-order valence-electron chi connectivity index (χ0n) is 15.0. The summed E-state index contributed by atoms with van der Waals surface area (Å²) in [6, 6.07) is 8.92. The molecule has 0 aromatic heterocycles. The second kappa shape index (κ2) is 9.45. The van der Waals surface area contributed by atoms with Gasteiger partial charge in [-0.05, 0) is 37.3 Å². The van der Waals surface area contributed by atoms with Gasteiger partial charge in [-0.1, -0.05) is 51.3 Å². The van der Waals surface area contributed by atoms with Crippen molar-refractivity contribution in [3.8, 4) is 0 Å². The highest BCUT2D eigenvalue weighted by atomic mass is 16.2. The van der Waals surface area contributed by atoms with E-state index in [2.05, 4.69) is 19.2 Å². The highest BCUT2D eigenvalue weighted by Gasteiger charge is 2.34. The zero-order chi connectivity index (χ0) is 17.4. The van der Waals surface area contributed by atoms with E-state index in [1.54, 1.807) is 4.90 Å². The monoisotopic (exact) mass is 330 g/mol. The number of hydrogen-bond donors (Lipinski definition) is 1. The van der Waals surface area contributed by atoms with Crippen molar-refractivity contribution in [3.63, 3.8) is 0 Å². The number of carbonyl (C=O) groups excluding carboxylic acids is 2. The van der Waals surface area contributed by atoms with Crippen LogP contribution in [0, 0.1) is 5.92 Å². The van der Waals surface area contributed by atoms with Crippen molar-refractivity contribution >= 4 is 11.8 Å². The molecule has 0 aliphatic carbocycles. The Kier molecular flexibility index (Phi) is 7.29. The van der Waals surface area contributed by atoms with Gasteiger partial charge >= 0.3 is 0 Å². The van der Waals surface area contributed by atoms with E-state index >= 15 is 0 Å². The number of amides is 2. The van der Waals surface area contributed by atoms with E-state index in [0.29, 0.717) is 18.0 Å². The summed E-state index contributed by atoms with van der Waals surface area (Å²) in [5.41, 5.74) is 0.659. The van der Waals surface area contributed by atoms with Gasteiger partial charge in [0.1, 0.15) is 6.04 Å². The van der Waals surface area contributed by atoms with Gasteiger partial charge in [0.25, 0.3) is 5.91 Å². The van der Waals surface area contributed by atoms with Gasteiger partial charge in [-0.25, -0.2) is 0 Å². The van der Waals surface area contributed by atoms with Crippen molar-refractivity contribution in [1.82, 2.24) is 10.2 Å². The molecule has 1 fully saturated rings. The molecule has 2 amide bonds. The Hall–Kier alpha value is -1.84. The first-order chi connectivity index (χ1) is 11.7. The lowest BCUT2D eigenvalue weighted by Crippen LogP contribution is -2.46. The van der Waals surface area contributed by atoms with Gasteiger partial charge in [-0.2, -0.15) is 0 Å². The maximum absolute atomic E-state index is 12.6. The summed E-state index contributed by atoms with van der Waals surface area (Å²) >= 11 is 0. The van der Waals surface area contributed by atoms with Crippen LogP contribution in [-0.2, 0) is 4.79 Å². The number of hydrogen-bond acceptors (Lipinski definition) is 2. The van der Waals surface area contributed by atoms with E-state index in [1.165, 1.54) is 12.8 Å². The molecule has 0 radical (unpaired) electrons. The Labute approximate surface area is 145 Å². The third-order valence-corrected chi connectivity index (χ3v) is 4.95. The van der Waals surface area contributed by atoms with Crippen molar-refractivity contribution < 1.29 is 9.59 Å². The van der Waals surface area contributed by atoms with Crippen molar-refractivity contribution in [2.45, 2.75) is 58.4 Å². The quantitative estimate of drug-likeness (QED) is 0.791. The first-order valence-electron chi connectivity index (χ1n) is 9.31. The van der Waals surface area contributed by atoms with Gasteiger partial charge in [0.05, 0.1) is 0 Å². The normalized spacial score (nSPS) is 18.4. The minimum absolute atomic E-state index is 0.00623. The molecular formula is C20H30N2O2. The lowest BCUT2D eigenvalue weighted by atomic mass is 9.99. The second-order valence-electron chi connectivity index (χ2n) is 6.68. The fourth-order valence-electron chi connectivity index (χ4n) is 3.33. The molecule has 1 N–H and O–H groups in total. The van der Waals surface area contributed by atoms with Crippen molar-refractivity contribution in [2.24, 2.45) is 5.92 Å². The zero-order valence-corrected chi connectivity index (χ0v) is 15.0. The highest BCUT2D eigenvalue weighted by Crippen LogP contribution is 2.20. The third kappa shape index (κ3) is 4.83. The Balaban J connectivity index is 1.92. The molecule has 2 unspecified atom stereocenters. The molecule has 2 atom stereocenters. The number of nitrogens with one attached hydrogen (secondary N) is 1. The van der Waals surface area contributed by atoms with Crippen LogP contribution in [0.3, 0.4) is 0 Å². The molecule has 1 heterocycles. The summed E-state index contributed by atoms with van der Waals surface area (Å²) in [6.45, 7) is 5.75. The number of nitrogens with zero attached hydrogens (tertiary/aromatic N) is 1. The molecule has 1 saturated heterocycles. The topological polar surface area (TPSA) is 49.4 Å². The van der Waals surface area contributed by atoms with Crippen LogP contribution in [-0.4, -0.2) is 35.8 Å². The second-order valence-corrected chi connectivity index (χ2v) is 6.68. The van der Waals surface area contributed by atoms with Crippen LogP contribution in [0.5, 0.6) is 0 Å². The van der Waals surface area contributed by atoms with Crippen LogP contribution in [0.2, 0.25) is 0 Å². The van der Waals surface area contributed by atoms with E-state index in [1.807, 2.05) is 30.3 Å². The van der Waals surface area contributed by atoms with E-state index in [-0.39, 0.29) is 17.9 Å². The molecule has 1 aromatic carbocycles. The number of rotatable bonds is 8. The molecule has 4 heteroatoms. The molecule has 0 saturated carbocycles. The largest absolute Gasteiger partial charge is 0.354 e. The van der Waals surface area contributed by atoms with Gasteiger partial charge in [0.15, 0.2) is 0 Å². The minimum atomic E-state index is -0.318. The summed E-state index contributed by atoms with van der Waals surface area (Å²) in [4.78, 5) is 27.0. The summed E-state index contributed by atoms with van der Waals surface area (Å²) in [7, 11) is 0. The lowest BCUT2D eigenvalue weighted by molar-refractivity contribution is -0.125. The summed E-state index contributed by atoms with van der Waals surface area (Å²) < 4.78 is 0. The van der Waals surface area contributed by atoms with Crippen LogP contribution >= 0.6 is 0 Å². The Morgan fingerprint density at radius 1 is 1.25 bits per heavy atom. The smallest absolute Gasteiger partial charge is 0.254 e. The Morgan fingerprint density at radius 3 is 2.67 bits per heavy atom. The maximum atomic E-state index is 12.6. The summed E-state index contributed by atoms with van der Waals surface area (Å²) in [6.07, 6.45) is 6.28. The molecule has 4 nitrogen and oxygen atoms in total. The van der Waals surface area contributed by atoms with Crippen molar-refractivity contribution in [2.75, 3.05) is 13.1 Å². The first-order valence-corrected chi connectivity index (χ1v) is 9.31.